The Labute approximate surface area is 168 Å². The number of nitrogens with zero attached hydrogens (tertiary/aromatic N) is 1. The van der Waals surface area contributed by atoms with Crippen LogP contribution in [0.2, 0.25) is 0 Å². The number of anilines is 2. The number of halogens is 1. The Morgan fingerprint density at radius 3 is 2.22 bits per heavy atom. The molecule has 27 heavy (non-hydrogen) atoms. The summed E-state index contributed by atoms with van der Waals surface area (Å²) < 4.78 is 0.992. The van der Waals surface area contributed by atoms with Crippen molar-refractivity contribution in [1.29, 1.82) is 0 Å². The van der Waals surface area contributed by atoms with Crippen LogP contribution in [0, 0.1) is 5.92 Å². The maximum absolute atomic E-state index is 12.5. The van der Waals surface area contributed by atoms with E-state index < -0.39 is 0 Å². The topological polar surface area (TPSA) is 61.4 Å². The fourth-order valence-electron chi connectivity index (χ4n) is 3.05. The predicted molar refractivity (Wildman–Crippen MR) is 112 cm³/mol. The van der Waals surface area contributed by atoms with Crippen LogP contribution in [0.15, 0.2) is 53.0 Å². The number of carbonyl (C=O) groups is 2. The van der Waals surface area contributed by atoms with Crippen molar-refractivity contribution >= 4 is 39.1 Å². The SMILES string of the molecule is CC1CCN(C(=O)c2ccc(NC(=O)CNc3ccc(Br)cc3)cc2)CC1. The number of amides is 2. The number of likely N-dealkylation sites (tertiary alicyclic amines) is 1. The van der Waals surface area contributed by atoms with Gasteiger partial charge in [0.1, 0.15) is 0 Å². The molecule has 0 radical (unpaired) electrons. The molecule has 2 aromatic carbocycles. The van der Waals surface area contributed by atoms with Gasteiger partial charge < -0.3 is 15.5 Å². The van der Waals surface area contributed by atoms with Crippen LogP contribution in [-0.4, -0.2) is 36.3 Å². The lowest BCUT2D eigenvalue weighted by molar-refractivity contribution is -0.114. The Bertz CT molecular complexity index is 782. The molecule has 0 saturated carbocycles. The summed E-state index contributed by atoms with van der Waals surface area (Å²) in [4.78, 5) is 26.6. The highest BCUT2D eigenvalue weighted by molar-refractivity contribution is 9.10. The zero-order valence-electron chi connectivity index (χ0n) is 15.4. The van der Waals surface area contributed by atoms with E-state index in [-0.39, 0.29) is 18.4 Å². The first-order chi connectivity index (χ1) is 13.0. The van der Waals surface area contributed by atoms with E-state index in [9.17, 15) is 9.59 Å². The molecule has 6 heteroatoms. The molecule has 0 aromatic heterocycles. The third-order valence-corrected chi connectivity index (χ3v) is 5.31. The minimum absolute atomic E-state index is 0.0664. The van der Waals surface area contributed by atoms with Gasteiger partial charge in [-0.15, -0.1) is 0 Å². The molecule has 2 aromatic rings. The highest BCUT2D eigenvalue weighted by Crippen LogP contribution is 2.19. The first-order valence-electron chi connectivity index (χ1n) is 9.20. The summed E-state index contributed by atoms with van der Waals surface area (Å²) in [5, 5.41) is 5.91. The minimum atomic E-state index is -0.137. The van der Waals surface area contributed by atoms with Gasteiger partial charge in [-0.25, -0.2) is 0 Å². The number of carbonyl (C=O) groups excluding carboxylic acids is 2. The molecule has 1 aliphatic rings. The van der Waals surface area contributed by atoms with Gasteiger partial charge in [0.15, 0.2) is 0 Å². The highest BCUT2D eigenvalue weighted by Gasteiger charge is 2.21. The van der Waals surface area contributed by atoms with E-state index in [0.717, 1.165) is 36.1 Å². The van der Waals surface area contributed by atoms with Crippen molar-refractivity contribution in [3.63, 3.8) is 0 Å². The fraction of sp³-hybridized carbons (Fsp3) is 0.333. The molecule has 0 unspecified atom stereocenters. The van der Waals surface area contributed by atoms with Gasteiger partial charge in [-0.2, -0.15) is 0 Å². The molecule has 0 atom stereocenters. The van der Waals surface area contributed by atoms with E-state index in [1.807, 2.05) is 29.2 Å². The molecule has 1 aliphatic heterocycles. The van der Waals surface area contributed by atoms with Gasteiger partial charge in [0.25, 0.3) is 5.91 Å². The van der Waals surface area contributed by atoms with Crippen LogP contribution in [0.4, 0.5) is 11.4 Å². The van der Waals surface area contributed by atoms with E-state index in [2.05, 4.69) is 33.5 Å². The van der Waals surface area contributed by atoms with Crippen LogP contribution in [-0.2, 0) is 4.79 Å². The second kappa shape index (κ2) is 9.04. The molecule has 0 bridgehead atoms. The summed E-state index contributed by atoms with van der Waals surface area (Å²) in [6.07, 6.45) is 2.12. The molecule has 142 valence electrons. The normalized spacial score (nSPS) is 14.7. The number of hydrogen-bond donors (Lipinski definition) is 2. The lowest BCUT2D eigenvalue weighted by Crippen LogP contribution is -2.37. The van der Waals surface area contributed by atoms with Gasteiger partial charge in [-0.05, 0) is 67.3 Å². The Morgan fingerprint density at radius 2 is 1.59 bits per heavy atom. The molecular weight excluding hydrogens is 406 g/mol. The molecule has 1 heterocycles. The van der Waals surface area contributed by atoms with E-state index in [0.29, 0.717) is 17.2 Å². The van der Waals surface area contributed by atoms with Gasteiger partial charge in [-0.1, -0.05) is 22.9 Å². The van der Waals surface area contributed by atoms with Gasteiger partial charge >= 0.3 is 0 Å². The molecule has 1 fully saturated rings. The summed E-state index contributed by atoms with van der Waals surface area (Å²) in [6, 6.07) is 14.7. The monoisotopic (exact) mass is 429 g/mol. The van der Waals surface area contributed by atoms with Crippen molar-refractivity contribution < 1.29 is 9.59 Å². The third kappa shape index (κ3) is 5.57. The van der Waals surface area contributed by atoms with E-state index in [1.54, 1.807) is 24.3 Å². The molecule has 0 aliphatic carbocycles. The first-order valence-corrected chi connectivity index (χ1v) is 9.99. The molecule has 3 rings (SSSR count). The van der Waals surface area contributed by atoms with Gasteiger partial charge in [0, 0.05) is 34.5 Å². The van der Waals surface area contributed by atoms with Gasteiger partial charge in [-0.3, -0.25) is 9.59 Å². The average Bonchev–Trinajstić information content (AvgIpc) is 2.68. The second-order valence-corrected chi connectivity index (χ2v) is 7.88. The van der Waals surface area contributed by atoms with Crippen molar-refractivity contribution in [3.05, 3.63) is 58.6 Å². The van der Waals surface area contributed by atoms with Crippen molar-refractivity contribution in [2.45, 2.75) is 19.8 Å². The third-order valence-electron chi connectivity index (χ3n) is 4.78. The smallest absolute Gasteiger partial charge is 0.253 e. The zero-order valence-corrected chi connectivity index (χ0v) is 17.0. The minimum Gasteiger partial charge on any atom is -0.376 e. The maximum Gasteiger partial charge on any atom is 0.253 e. The number of rotatable bonds is 5. The zero-order chi connectivity index (χ0) is 19.2. The van der Waals surface area contributed by atoms with Crippen LogP contribution in [0.3, 0.4) is 0 Å². The Morgan fingerprint density at radius 1 is 1.00 bits per heavy atom. The number of hydrogen-bond acceptors (Lipinski definition) is 3. The lowest BCUT2D eigenvalue weighted by Gasteiger charge is -2.30. The van der Waals surface area contributed by atoms with Crippen LogP contribution < -0.4 is 10.6 Å². The maximum atomic E-state index is 12.5. The van der Waals surface area contributed by atoms with Crippen LogP contribution >= 0.6 is 15.9 Å². The predicted octanol–water partition coefficient (Wildman–Crippen LogP) is 4.37. The molecule has 2 N–H and O–H groups in total. The Balaban J connectivity index is 1.50. The fourth-order valence-corrected chi connectivity index (χ4v) is 3.31. The Hall–Kier alpha value is -2.34. The van der Waals surface area contributed by atoms with Crippen LogP contribution in [0.25, 0.3) is 0 Å². The standard InChI is InChI=1S/C21H24BrN3O2/c1-15-10-12-25(13-11-15)21(27)16-2-6-19(7-3-16)24-20(26)14-23-18-8-4-17(22)5-9-18/h2-9,15,23H,10-14H2,1H3,(H,24,26). The van der Waals surface area contributed by atoms with E-state index in [1.165, 1.54) is 0 Å². The molecule has 1 saturated heterocycles. The summed E-state index contributed by atoms with van der Waals surface area (Å²) in [5.41, 5.74) is 2.22. The molecule has 2 amide bonds. The summed E-state index contributed by atoms with van der Waals surface area (Å²) in [5.74, 6) is 0.622. The van der Waals surface area contributed by atoms with Crippen molar-refractivity contribution in [2.75, 3.05) is 30.3 Å². The van der Waals surface area contributed by atoms with E-state index >= 15 is 0 Å². The number of benzene rings is 2. The second-order valence-electron chi connectivity index (χ2n) is 6.96. The number of piperidine rings is 1. The summed E-state index contributed by atoms with van der Waals surface area (Å²) in [6.45, 7) is 4.04. The Kier molecular flexibility index (Phi) is 6.50. The van der Waals surface area contributed by atoms with Gasteiger partial charge in [0.2, 0.25) is 5.91 Å². The summed E-state index contributed by atoms with van der Waals surface area (Å²) >= 11 is 3.38. The van der Waals surface area contributed by atoms with E-state index in [4.69, 9.17) is 0 Å². The molecule has 0 spiro atoms. The van der Waals surface area contributed by atoms with Gasteiger partial charge in [0.05, 0.1) is 6.54 Å². The summed E-state index contributed by atoms with van der Waals surface area (Å²) in [7, 11) is 0. The quantitative estimate of drug-likeness (QED) is 0.741. The average molecular weight is 430 g/mol. The van der Waals surface area contributed by atoms with Crippen LogP contribution in [0.5, 0.6) is 0 Å². The van der Waals surface area contributed by atoms with Crippen LogP contribution in [0.1, 0.15) is 30.1 Å². The van der Waals surface area contributed by atoms with Crippen molar-refractivity contribution in [1.82, 2.24) is 4.90 Å². The lowest BCUT2D eigenvalue weighted by atomic mass is 9.98. The molecule has 5 nitrogen and oxygen atoms in total. The largest absolute Gasteiger partial charge is 0.376 e. The molecular formula is C21H24BrN3O2. The van der Waals surface area contributed by atoms with Crippen molar-refractivity contribution in [2.24, 2.45) is 5.92 Å². The van der Waals surface area contributed by atoms with Crippen molar-refractivity contribution in [3.8, 4) is 0 Å². The first kappa shape index (κ1) is 19.4. The highest BCUT2D eigenvalue weighted by atomic mass is 79.9. The number of nitrogens with one attached hydrogen (secondary N) is 2.